The van der Waals surface area contributed by atoms with E-state index in [9.17, 15) is 8.78 Å². The molecule has 0 spiro atoms. The minimum atomic E-state index is -2.53. The lowest BCUT2D eigenvalue weighted by Gasteiger charge is -2.17. The van der Waals surface area contributed by atoms with E-state index in [1.54, 1.807) is 36.6 Å². The predicted molar refractivity (Wildman–Crippen MR) is 77.2 cm³/mol. The van der Waals surface area contributed by atoms with Gasteiger partial charge >= 0.3 is 0 Å². The highest BCUT2D eigenvalue weighted by Gasteiger charge is 2.15. The van der Waals surface area contributed by atoms with Crippen LogP contribution >= 0.6 is 11.3 Å². The van der Waals surface area contributed by atoms with E-state index in [1.165, 1.54) is 11.1 Å². The van der Waals surface area contributed by atoms with Gasteiger partial charge in [-0.2, -0.15) is 0 Å². The summed E-state index contributed by atoms with van der Waals surface area (Å²) in [5.74, 6) is 5.69. The SMILES string of the molecule is CN(N)c1cccc(C(F)F)c1/C=C/c1cccs1. The van der Waals surface area contributed by atoms with Gasteiger partial charge in [0.05, 0.1) is 5.69 Å². The number of nitrogens with two attached hydrogens (primary N) is 1. The molecule has 2 nitrogen and oxygen atoms in total. The maximum Gasteiger partial charge on any atom is 0.264 e. The Hall–Kier alpha value is -1.72. The lowest BCUT2D eigenvalue weighted by atomic mass is 10.0. The van der Waals surface area contributed by atoms with Gasteiger partial charge in [-0.05, 0) is 23.6 Å². The second-order valence-corrected chi connectivity index (χ2v) is 5.02. The van der Waals surface area contributed by atoms with Gasteiger partial charge < -0.3 is 5.01 Å². The number of anilines is 1. The maximum atomic E-state index is 13.0. The molecule has 0 aliphatic carbocycles. The molecule has 1 heterocycles. The van der Waals surface area contributed by atoms with Gasteiger partial charge in [0.1, 0.15) is 0 Å². The summed E-state index contributed by atoms with van der Waals surface area (Å²) in [7, 11) is 1.63. The fraction of sp³-hybridized carbons (Fsp3) is 0.143. The van der Waals surface area contributed by atoms with Gasteiger partial charge in [-0.1, -0.05) is 24.3 Å². The van der Waals surface area contributed by atoms with E-state index < -0.39 is 6.43 Å². The molecule has 0 saturated heterocycles. The molecule has 0 radical (unpaired) electrons. The van der Waals surface area contributed by atoms with Gasteiger partial charge in [0, 0.05) is 23.1 Å². The summed E-state index contributed by atoms with van der Waals surface area (Å²) in [6.07, 6.45) is 0.980. The van der Waals surface area contributed by atoms with Crippen molar-refractivity contribution in [3.05, 3.63) is 51.7 Å². The van der Waals surface area contributed by atoms with Crippen LogP contribution in [-0.4, -0.2) is 7.05 Å². The Morgan fingerprint density at radius 3 is 2.58 bits per heavy atom. The standard InChI is InChI=1S/C14H14F2N2S/c1-18(17)13-6-2-5-12(14(15)16)11(13)8-7-10-4-3-9-19-10/h2-9,14H,17H2,1H3/b8-7+. The van der Waals surface area contributed by atoms with Crippen LogP contribution in [0.2, 0.25) is 0 Å². The van der Waals surface area contributed by atoms with E-state index in [2.05, 4.69) is 0 Å². The summed E-state index contributed by atoms with van der Waals surface area (Å²) in [4.78, 5) is 1.01. The van der Waals surface area contributed by atoms with Gasteiger partial charge in [-0.3, -0.25) is 0 Å². The maximum absolute atomic E-state index is 13.0. The first-order valence-corrected chi connectivity index (χ1v) is 6.58. The van der Waals surface area contributed by atoms with Gasteiger partial charge in [-0.25, -0.2) is 14.6 Å². The van der Waals surface area contributed by atoms with Crippen molar-refractivity contribution in [3.63, 3.8) is 0 Å². The Balaban J connectivity index is 2.46. The topological polar surface area (TPSA) is 29.3 Å². The fourth-order valence-corrected chi connectivity index (χ4v) is 2.42. The van der Waals surface area contributed by atoms with Crippen LogP contribution in [-0.2, 0) is 0 Å². The van der Waals surface area contributed by atoms with Crippen LogP contribution in [0, 0.1) is 0 Å². The molecule has 0 aliphatic heterocycles. The number of hydrazine groups is 1. The van der Waals surface area contributed by atoms with Crippen LogP contribution in [0.4, 0.5) is 14.5 Å². The molecule has 0 fully saturated rings. The van der Waals surface area contributed by atoms with Crippen LogP contribution in [0.3, 0.4) is 0 Å². The number of thiophene rings is 1. The minimum absolute atomic E-state index is 0.0115. The molecule has 1 aromatic carbocycles. The first-order valence-electron chi connectivity index (χ1n) is 5.70. The molecule has 0 atom stereocenters. The van der Waals surface area contributed by atoms with Crippen molar-refractivity contribution in [3.8, 4) is 0 Å². The Morgan fingerprint density at radius 1 is 1.21 bits per heavy atom. The normalized spacial score (nSPS) is 11.4. The minimum Gasteiger partial charge on any atom is -0.314 e. The van der Waals surface area contributed by atoms with E-state index in [0.717, 1.165) is 4.88 Å². The van der Waals surface area contributed by atoms with Crippen molar-refractivity contribution in [2.24, 2.45) is 5.84 Å². The zero-order chi connectivity index (χ0) is 13.8. The van der Waals surface area contributed by atoms with Crippen LogP contribution in [0.1, 0.15) is 22.4 Å². The third-order valence-electron chi connectivity index (χ3n) is 2.69. The molecule has 2 rings (SSSR count). The molecule has 0 amide bonds. The molecule has 0 unspecified atom stereocenters. The van der Waals surface area contributed by atoms with Crippen molar-refractivity contribution < 1.29 is 8.78 Å². The van der Waals surface area contributed by atoms with Crippen LogP contribution in [0.25, 0.3) is 12.2 Å². The number of alkyl halides is 2. The molecule has 0 saturated carbocycles. The average molecular weight is 280 g/mol. The first kappa shape index (κ1) is 13.7. The summed E-state index contributed by atoms with van der Waals surface area (Å²) in [6, 6.07) is 8.58. The van der Waals surface area contributed by atoms with Gasteiger partial charge in [0.25, 0.3) is 6.43 Å². The van der Waals surface area contributed by atoms with Crippen molar-refractivity contribution in [1.29, 1.82) is 0 Å². The molecule has 0 aliphatic rings. The third kappa shape index (κ3) is 3.19. The van der Waals surface area contributed by atoms with Crippen LogP contribution in [0.15, 0.2) is 35.7 Å². The molecule has 2 N–H and O–H groups in total. The molecule has 1 aromatic heterocycles. The Labute approximate surface area is 114 Å². The van der Waals surface area contributed by atoms with Crippen molar-refractivity contribution in [1.82, 2.24) is 0 Å². The van der Waals surface area contributed by atoms with E-state index in [0.29, 0.717) is 11.3 Å². The van der Waals surface area contributed by atoms with Crippen molar-refractivity contribution in [2.45, 2.75) is 6.43 Å². The number of hydrogen-bond acceptors (Lipinski definition) is 3. The summed E-state index contributed by atoms with van der Waals surface area (Å²) in [5, 5.41) is 3.29. The zero-order valence-electron chi connectivity index (χ0n) is 10.4. The molecule has 19 heavy (non-hydrogen) atoms. The number of nitrogens with zero attached hydrogens (tertiary/aromatic N) is 1. The highest BCUT2D eigenvalue weighted by Crippen LogP contribution is 2.31. The van der Waals surface area contributed by atoms with E-state index in [1.807, 2.05) is 23.6 Å². The van der Waals surface area contributed by atoms with Gasteiger partial charge in [-0.15, -0.1) is 11.3 Å². The average Bonchev–Trinajstić information content (AvgIpc) is 2.88. The molecule has 100 valence electrons. The van der Waals surface area contributed by atoms with Crippen LogP contribution < -0.4 is 10.9 Å². The molecule has 5 heteroatoms. The fourth-order valence-electron chi connectivity index (χ4n) is 1.80. The first-order chi connectivity index (χ1) is 9.09. The number of halogens is 2. The Kier molecular flexibility index (Phi) is 4.29. The lowest BCUT2D eigenvalue weighted by Crippen LogP contribution is -2.26. The summed E-state index contributed by atoms with van der Waals surface area (Å²) >= 11 is 1.55. The largest absolute Gasteiger partial charge is 0.314 e. The monoisotopic (exact) mass is 280 g/mol. The molecular formula is C14H14F2N2S. The zero-order valence-corrected chi connectivity index (χ0v) is 11.2. The van der Waals surface area contributed by atoms with Crippen LogP contribution in [0.5, 0.6) is 0 Å². The van der Waals surface area contributed by atoms with E-state index in [4.69, 9.17) is 5.84 Å². The summed E-state index contributed by atoms with van der Waals surface area (Å²) in [5.41, 5.74) is 1.02. The smallest absolute Gasteiger partial charge is 0.264 e. The number of hydrogen-bond donors (Lipinski definition) is 1. The summed E-state index contributed by atoms with van der Waals surface area (Å²) in [6.45, 7) is 0. The molecular weight excluding hydrogens is 266 g/mol. The Morgan fingerprint density at radius 2 is 2.00 bits per heavy atom. The van der Waals surface area contributed by atoms with E-state index >= 15 is 0 Å². The van der Waals surface area contributed by atoms with Crippen molar-refractivity contribution >= 4 is 29.2 Å². The number of benzene rings is 1. The summed E-state index contributed by atoms with van der Waals surface area (Å²) < 4.78 is 26.1. The second kappa shape index (κ2) is 5.95. The van der Waals surface area contributed by atoms with Gasteiger partial charge in [0.2, 0.25) is 0 Å². The highest BCUT2D eigenvalue weighted by molar-refractivity contribution is 7.10. The predicted octanol–water partition coefficient (Wildman–Crippen LogP) is 4.17. The molecule has 2 aromatic rings. The highest BCUT2D eigenvalue weighted by atomic mass is 32.1. The van der Waals surface area contributed by atoms with Crippen molar-refractivity contribution in [2.75, 3.05) is 12.1 Å². The quantitative estimate of drug-likeness (QED) is 0.673. The number of rotatable bonds is 4. The molecule has 0 bridgehead atoms. The second-order valence-electron chi connectivity index (χ2n) is 4.04. The Bertz CT molecular complexity index is 537. The van der Waals surface area contributed by atoms with E-state index in [-0.39, 0.29) is 5.56 Å². The van der Waals surface area contributed by atoms with Gasteiger partial charge in [0.15, 0.2) is 0 Å². The third-order valence-corrected chi connectivity index (χ3v) is 3.53. The lowest BCUT2D eigenvalue weighted by molar-refractivity contribution is 0.151.